The predicted octanol–water partition coefficient (Wildman–Crippen LogP) is 5.34. The molecule has 0 radical (unpaired) electrons. The Morgan fingerprint density at radius 3 is 2.60 bits per heavy atom. The van der Waals surface area contributed by atoms with Crippen LogP contribution in [-0.2, 0) is 9.59 Å². The monoisotopic (exact) mass is 599 g/mol. The summed E-state index contributed by atoms with van der Waals surface area (Å²) in [5.41, 5.74) is 0.832. The Labute approximate surface area is 245 Å². The molecule has 5 rings (SSSR count). The molecule has 9 nitrogen and oxygen atoms in total. The van der Waals surface area contributed by atoms with E-state index < -0.39 is 35.7 Å². The van der Waals surface area contributed by atoms with Crippen LogP contribution in [0.15, 0.2) is 48.7 Å². The molecule has 2 atom stereocenters. The smallest absolute Gasteiger partial charge is 0.307 e. The molecule has 220 valence electrons. The molecule has 1 aromatic heterocycles. The minimum Gasteiger partial charge on any atom is -0.489 e. The number of pyridine rings is 1. The highest BCUT2D eigenvalue weighted by molar-refractivity contribution is 6.30. The van der Waals surface area contributed by atoms with E-state index in [9.17, 15) is 18.8 Å². The molecule has 42 heavy (non-hydrogen) atoms. The van der Waals surface area contributed by atoms with Crippen molar-refractivity contribution in [3.05, 3.63) is 70.9 Å². The fraction of sp³-hybridized carbons (Fsp3) is 0.333. The zero-order valence-electron chi connectivity index (χ0n) is 22.9. The van der Waals surface area contributed by atoms with Crippen LogP contribution in [0, 0.1) is 11.6 Å². The lowest BCUT2D eigenvalue weighted by Crippen LogP contribution is -2.54. The molecule has 3 aromatic rings. The lowest BCUT2D eigenvalue weighted by Gasteiger charge is -2.41. The Morgan fingerprint density at radius 1 is 1.17 bits per heavy atom. The number of likely N-dealkylation sites (tertiary alicyclic amines) is 1. The molecule has 1 fully saturated rings. The van der Waals surface area contributed by atoms with E-state index in [-0.39, 0.29) is 53.9 Å². The van der Waals surface area contributed by atoms with Crippen LogP contribution < -0.4 is 14.4 Å². The molecule has 0 aliphatic carbocycles. The van der Waals surface area contributed by atoms with Crippen molar-refractivity contribution < 1.29 is 37.7 Å². The van der Waals surface area contributed by atoms with E-state index in [4.69, 9.17) is 26.2 Å². The number of halogens is 3. The first-order valence-electron chi connectivity index (χ1n) is 13.4. The molecule has 0 saturated carbocycles. The van der Waals surface area contributed by atoms with Gasteiger partial charge in [0.2, 0.25) is 5.88 Å². The number of amides is 2. The summed E-state index contributed by atoms with van der Waals surface area (Å²) in [6, 6.07) is 9.05. The zero-order valence-corrected chi connectivity index (χ0v) is 23.6. The van der Waals surface area contributed by atoms with Crippen molar-refractivity contribution in [1.82, 2.24) is 9.88 Å². The van der Waals surface area contributed by atoms with Gasteiger partial charge in [-0.3, -0.25) is 14.4 Å². The number of aliphatic carboxylic acids is 1. The second-order valence-electron chi connectivity index (χ2n) is 10.3. The SMILES string of the molecule is C[C@H](CC(=O)O)Oc1ccc(F)cc1-c1ccc(C(=O)N2CCC(N3C(=O)[C@H](C)Oc4ncc(Cl)cc43)CC2)c(F)c1. The largest absolute Gasteiger partial charge is 0.489 e. The van der Waals surface area contributed by atoms with Gasteiger partial charge in [0.25, 0.3) is 11.8 Å². The van der Waals surface area contributed by atoms with E-state index in [0.29, 0.717) is 29.4 Å². The van der Waals surface area contributed by atoms with Crippen LogP contribution in [0.3, 0.4) is 0 Å². The van der Waals surface area contributed by atoms with Crippen LogP contribution >= 0.6 is 11.6 Å². The Kier molecular flexibility index (Phi) is 8.31. The van der Waals surface area contributed by atoms with Gasteiger partial charge in [0, 0.05) is 30.9 Å². The maximum Gasteiger partial charge on any atom is 0.307 e. The van der Waals surface area contributed by atoms with E-state index in [1.54, 1.807) is 24.8 Å². The van der Waals surface area contributed by atoms with E-state index in [0.717, 1.165) is 6.07 Å². The first-order chi connectivity index (χ1) is 20.0. The molecular weight excluding hydrogens is 572 g/mol. The van der Waals surface area contributed by atoms with Crippen LogP contribution in [-0.4, -0.2) is 64.1 Å². The molecule has 12 heteroatoms. The number of hydrogen-bond acceptors (Lipinski definition) is 6. The van der Waals surface area contributed by atoms with E-state index in [1.807, 2.05) is 0 Å². The maximum atomic E-state index is 15.3. The Balaban J connectivity index is 1.31. The highest BCUT2D eigenvalue weighted by atomic mass is 35.5. The number of rotatable bonds is 7. The van der Waals surface area contributed by atoms with Crippen molar-refractivity contribution in [3.63, 3.8) is 0 Å². The number of fused-ring (bicyclic) bond motifs is 1. The van der Waals surface area contributed by atoms with Gasteiger partial charge >= 0.3 is 5.97 Å². The van der Waals surface area contributed by atoms with Gasteiger partial charge in [0.15, 0.2) is 6.10 Å². The summed E-state index contributed by atoms with van der Waals surface area (Å²) in [6.45, 7) is 3.79. The molecule has 2 aliphatic heterocycles. The number of carbonyl (C=O) groups is 3. The van der Waals surface area contributed by atoms with Gasteiger partial charge in [-0.25, -0.2) is 13.8 Å². The third-order valence-electron chi connectivity index (χ3n) is 7.29. The van der Waals surface area contributed by atoms with E-state index >= 15 is 4.39 Å². The van der Waals surface area contributed by atoms with Gasteiger partial charge < -0.3 is 24.4 Å². The highest BCUT2D eigenvalue weighted by Crippen LogP contribution is 2.38. The zero-order chi connectivity index (χ0) is 30.1. The first-order valence-corrected chi connectivity index (χ1v) is 13.8. The van der Waals surface area contributed by atoms with Gasteiger partial charge in [-0.05, 0) is 68.7 Å². The van der Waals surface area contributed by atoms with Crippen LogP contribution in [0.2, 0.25) is 5.02 Å². The Hall–Kier alpha value is -4.25. The quantitative estimate of drug-likeness (QED) is 0.390. The molecule has 0 spiro atoms. The summed E-state index contributed by atoms with van der Waals surface area (Å²) in [6.07, 6.45) is 0.652. The first kappa shape index (κ1) is 29.2. The topological polar surface area (TPSA) is 109 Å². The number of nitrogens with zero attached hydrogens (tertiary/aromatic N) is 3. The van der Waals surface area contributed by atoms with Crippen LogP contribution in [0.5, 0.6) is 11.6 Å². The number of piperidine rings is 1. The minimum absolute atomic E-state index is 0.146. The summed E-state index contributed by atoms with van der Waals surface area (Å²) in [7, 11) is 0. The fourth-order valence-corrected chi connectivity index (χ4v) is 5.43. The standard InChI is InChI=1S/C30H28ClF2N3O6/c1-16(11-27(37)38)41-26-6-4-20(32)14-23(26)18-3-5-22(24(33)12-18)30(40)35-9-7-21(8-10-35)36-25-13-19(31)15-34-28(25)42-17(2)29(36)39/h3-6,12-17,21H,7-11H2,1-2H3,(H,37,38)/t16-,17+/m1/s1. The lowest BCUT2D eigenvalue weighted by atomic mass is 9.99. The number of ether oxygens (including phenoxy) is 2. The summed E-state index contributed by atoms with van der Waals surface area (Å²) in [5.74, 6) is -2.65. The summed E-state index contributed by atoms with van der Waals surface area (Å²) < 4.78 is 40.7. The van der Waals surface area contributed by atoms with Gasteiger partial charge in [0.1, 0.15) is 29.2 Å². The van der Waals surface area contributed by atoms with Crippen LogP contribution in [0.25, 0.3) is 11.1 Å². The van der Waals surface area contributed by atoms with Gasteiger partial charge in [-0.1, -0.05) is 17.7 Å². The second kappa shape index (κ2) is 11.9. The van der Waals surface area contributed by atoms with E-state index in [1.165, 1.54) is 41.4 Å². The van der Waals surface area contributed by atoms with Crippen molar-refractivity contribution >= 4 is 35.1 Å². The van der Waals surface area contributed by atoms with Crippen molar-refractivity contribution in [3.8, 4) is 22.8 Å². The molecule has 1 N–H and O–H groups in total. The van der Waals surface area contributed by atoms with E-state index in [2.05, 4.69) is 4.98 Å². The van der Waals surface area contributed by atoms with Crippen molar-refractivity contribution in [2.45, 2.75) is 51.4 Å². The van der Waals surface area contributed by atoms with Crippen molar-refractivity contribution in [2.75, 3.05) is 18.0 Å². The average Bonchev–Trinajstić information content (AvgIpc) is 2.94. The average molecular weight is 600 g/mol. The van der Waals surface area contributed by atoms with Gasteiger partial charge in [-0.15, -0.1) is 0 Å². The molecule has 0 unspecified atom stereocenters. The number of hydrogen-bond donors (Lipinski definition) is 1. The van der Waals surface area contributed by atoms with Crippen LogP contribution in [0.1, 0.15) is 43.5 Å². The summed E-state index contributed by atoms with van der Waals surface area (Å²) >= 11 is 6.13. The summed E-state index contributed by atoms with van der Waals surface area (Å²) in [4.78, 5) is 44.7. The maximum absolute atomic E-state index is 15.3. The van der Waals surface area contributed by atoms with Crippen molar-refractivity contribution in [2.24, 2.45) is 0 Å². The predicted molar refractivity (Wildman–Crippen MR) is 150 cm³/mol. The molecule has 2 amide bonds. The fourth-order valence-electron chi connectivity index (χ4n) is 5.28. The Morgan fingerprint density at radius 2 is 1.90 bits per heavy atom. The minimum atomic E-state index is -1.05. The third kappa shape index (κ3) is 6.01. The number of carboxylic acid groups (broad SMARTS) is 1. The lowest BCUT2D eigenvalue weighted by molar-refractivity contribution is -0.138. The molecule has 2 aromatic carbocycles. The molecule has 1 saturated heterocycles. The number of anilines is 1. The summed E-state index contributed by atoms with van der Waals surface area (Å²) in [5, 5.41) is 9.38. The highest BCUT2D eigenvalue weighted by Gasteiger charge is 2.39. The third-order valence-corrected chi connectivity index (χ3v) is 7.50. The second-order valence-corrected chi connectivity index (χ2v) is 10.8. The molecule has 0 bridgehead atoms. The van der Waals surface area contributed by atoms with Crippen LogP contribution in [0.4, 0.5) is 14.5 Å². The normalized spacial score (nSPS) is 17.8. The number of carbonyl (C=O) groups excluding carboxylic acids is 2. The van der Waals surface area contributed by atoms with Gasteiger partial charge in [0.05, 0.1) is 17.0 Å². The molecular formula is C30H28ClF2N3O6. The van der Waals surface area contributed by atoms with Crippen molar-refractivity contribution in [1.29, 1.82) is 0 Å². The molecule has 3 heterocycles. The number of benzene rings is 2. The number of carboxylic acids is 1. The van der Waals surface area contributed by atoms with Gasteiger partial charge in [-0.2, -0.15) is 0 Å². The Bertz CT molecular complexity index is 1550. The number of aromatic nitrogens is 1. The molecule has 2 aliphatic rings.